The minimum absolute atomic E-state index is 0.208. The first-order valence-corrected chi connectivity index (χ1v) is 6.36. The predicted molar refractivity (Wildman–Crippen MR) is 76.4 cm³/mol. The standard InChI is InChI=1S/C15H14N4O/c1-11-4-2-3-5-13(11)10-19-14(17-18-15(19)20)12-6-8-16-9-7-12/h2-9H,10H2,1H3,(H,18,20). The van der Waals surface area contributed by atoms with Crippen LogP contribution < -0.4 is 5.69 Å². The quantitative estimate of drug-likeness (QED) is 0.788. The van der Waals surface area contributed by atoms with Gasteiger partial charge in [-0.3, -0.25) is 9.55 Å². The molecular formula is C15H14N4O. The molecule has 3 aromatic rings. The molecule has 0 saturated heterocycles. The molecule has 1 N–H and O–H groups in total. The SMILES string of the molecule is Cc1ccccc1Cn1c(-c2ccncc2)n[nH]c1=O. The first kappa shape index (κ1) is 12.3. The predicted octanol–water partition coefficient (Wildman–Crippen LogP) is 1.99. The topological polar surface area (TPSA) is 63.6 Å². The molecule has 0 bridgehead atoms. The molecular weight excluding hydrogens is 252 g/mol. The van der Waals surface area contributed by atoms with Gasteiger partial charge in [0, 0.05) is 18.0 Å². The van der Waals surface area contributed by atoms with Gasteiger partial charge in [0.2, 0.25) is 0 Å². The number of aromatic amines is 1. The Balaban J connectivity index is 2.05. The van der Waals surface area contributed by atoms with E-state index in [1.54, 1.807) is 17.0 Å². The van der Waals surface area contributed by atoms with Gasteiger partial charge in [0.25, 0.3) is 0 Å². The van der Waals surface area contributed by atoms with Crippen molar-refractivity contribution in [3.63, 3.8) is 0 Å². The smallest absolute Gasteiger partial charge is 0.271 e. The van der Waals surface area contributed by atoms with Crippen molar-refractivity contribution in [1.82, 2.24) is 19.7 Å². The minimum Gasteiger partial charge on any atom is -0.271 e. The van der Waals surface area contributed by atoms with Crippen molar-refractivity contribution in [1.29, 1.82) is 0 Å². The number of nitrogens with one attached hydrogen (secondary N) is 1. The van der Waals surface area contributed by atoms with Crippen LogP contribution >= 0.6 is 0 Å². The van der Waals surface area contributed by atoms with E-state index in [9.17, 15) is 4.79 Å². The number of pyridine rings is 1. The molecule has 0 spiro atoms. The van der Waals surface area contributed by atoms with Crippen molar-refractivity contribution < 1.29 is 0 Å². The fraction of sp³-hybridized carbons (Fsp3) is 0.133. The van der Waals surface area contributed by atoms with E-state index in [1.807, 2.05) is 43.3 Å². The zero-order chi connectivity index (χ0) is 13.9. The maximum absolute atomic E-state index is 12.0. The number of rotatable bonds is 3. The van der Waals surface area contributed by atoms with Crippen LogP contribution in [0.1, 0.15) is 11.1 Å². The van der Waals surface area contributed by atoms with E-state index in [-0.39, 0.29) is 5.69 Å². The van der Waals surface area contributed by atoms with Gasteiger partial charge in [-0.05, 0) is 30.2 Å². The molecule has 5 heteroatoms. The van der Waals surface area contributed by atoms with Crippen LogP contribution in [0, 0.1) is 6.92 Å². The van der Waals surface area contributed by atoms with Gasteiger partial charge in [-0.15, -0.1) is 0 Å². The molecule has 100 valence electrons. The van der Waals surface area contributed by atoms with E-state index in [0.717, 1.165) is 16.7 Å². The van der Waals surface area contributed by atoms with Crippen LogP contribution in [0.3, 0.4) is 0 Å². The molecule has 2 aromatic heterocycles. The van der Waals surface area contributed by atoms with Gasteiger partial charge in [0.05, 0.1) is 6.54 Å². The Kier molecular flexibility index (Phi) is 3.16. The Morgan fingerprint density at radius 3 is 2.65 bits per heavy atom. The summed E-state index contributed by atoms with van der Waals surface area (Å²) in [6.45, 7) is 2.53. The van der Waals surface area contributed by atoms with E-state index < -0.39 is 0 Å². The number of benzene rings is 1. The Hall–Kier alpha value is -2.69. The fourth-order valence-corrected chi connectivity index (χ4v) is 2.14. The minimum atomic E-state index is -0.208. The van der Waals surface area contributed by atoms with Crippen LogP contribution in [0.2, 0.25) is 0 Å². The van der Waals surface area contributed by atoms with Crippen LogP contribution in [0.15, 0.2) is 53.6 Å². The molecule has 0 saturated carbocycles. The molecule has 3 rings (SSSR count). The maximum atomic E-state index is 12.0. The number of hydrogen-bond acceptors (Lipinski definition) is 3. The summed E-state index contributed by atoms with van der Waals surface area (Å²) in [6.07, 6.45) is 3.37. The molecule has 0 atom stereocenters. The lowest BCUT2D eigenvalue weighted by Crippen LogP contribution is -2.18. The van der Waals surface area contributed by atoms with Gasteiger partial charge in [-0.1, -0.05) is 24.3 Å². The van der Waals surface area contributed by atoms with Gasteiger partial charge < -0.3 is 0 Å². The van der Waals surface area contributed by atoms with Crippen LogP contribution in [0.4, 0.5) is 0 Å². The monoisotopic (exact) mass is 266 g/mol. The normalized spacial score (nSPS) is 10.7. The highest BCUT2D eigenvalue weighted by Crippen LogP contribution is 2.16. The van der Waals surface area contributed by atoms with Gasteiger partial charge in [0.15, 0.2) is 5.82 Å². The van der Waals surface area contributed by atoms with E-state index in [4.69, 9.17) is 0 Å². The van der Waals surface area contributed by atoms with E-state index >= 15 is 0 Å². The molecule has 5 nitrogen and oxygen atoms in total. The van der Waals surface area contributed by atoms with Crippen molar-refractivity contribution in [2.24, 2.45) is 0 Å². The first-order valence-electron chi connectivity index (χ1n) is 6.36. The van der Waals surface area contributed by atoms with Crippen LogP contribution in [-0.2, 0) is 6.54 Å². The molecule has 20 heavy (non-hydrogen) atoms. The van der Waals surface area contributed by atoms with Crippen molar-refractivity contribution in [2.75, 3.05) is 0 Å². The average Bonchev–Trinajstić information content (AvgIpc) is 2.84. The fourth-order valence-electron chi connectivity index (χ4n) is 2.14. The van der Waals surface area contributed by atoms with Crippen molar-refractivity contribution in [3.05, 3.63) is 70.4 Å². The summed E-state index contributed by atoms with van der Waals surface area (Å²) in [5.41, 5.74) is 2.92. The number of nitrogens with zero attached hydrogens (tertiary/aromatic N) is 3. The average molecular weight is 266 g/mol. The maximum Gasteiger partial charge on any atom is 0.343 e. The summed E-state index contributed by atoms with van der Waals surface area (Å²) in [5, 5.41) is 6.62. The Morgan fingerprint density at radius 2 is 1.90 bits per heavy atom. The van der Waals surface area contributed by atoms with Crippen LogP contribution in [-0.4, -0.2) is 19.7 Å². The summed E-state index contributed by atoms with van der Waals surface area (Å²) in [7, 11) is 0. The van der Waals surface area contributed by atoms with Gasteiger partial charge in [0.1, 0.15) is 0 Å². The van der Waals surface area contributed by atoms with Crippen molar-refractivity contribution in [3.8, 4) is 11.4 Å². The molecule has 1 aromatic carbocycles. The van der Waals surface area contributed by atoms with Crippen LogP contribution in [0.5, 0.6) is 0 Å². The molecule has 0 aliphatic heterocycles. The zero-order valence-corrected chi connectivity index (χ0v) is 11.1. The third-order valence-corrected chi connectivity index (χ3v) is 3.29. The van der Waals surface area contributed by atoms with Gasteiger partial charge >= 0.3 is 5.69 Å². The first-order chi connectivity index (χ1) is 9.75. The van der Waals surface area contributed by atoms with Gasteiger partial charge in [-0.2, -0.15) is 5.10 Å². The highest BCUT2D eigenvalue weighted by Gasteiger charge is 2.11. The second-order valence-electron chi connectivity index (χ2n) is 4.60. The lowest BCUT2D eigenvalue weighted by molar-refractivity contribution is 0.764. The molecule has 0 radical (unpaired) electrons. The van der Waals surface area contributed by atoms with E-state index in [0.29, 0.717) is 12.4 Å². The summed E-state index contributed by atoms with van der Waals surface area (Å²) < 4.78 is 1.64. The molecule has 0 unspecified atom stereocenters. The third kappa shape index (κ3) is 2.25. The second-order valence-corrected chi connectivity index (χ2v) is 4.60. The number of hydrogen-bond donors (Lipinski definition) is 1. The Bertz CT molecular complexity index is 774. The lowest BCUT2D eigenvalue weighted by Gasteiger charge is -2.08. The number of aromatic nitrogens is 4. The number of aryl methyl sites for hydroxylation is 1. The molecule has 0 amide bonds. The largest absolute Gasteiger partial charge is 0.343 e. The molecule has 0 aliphatic rings. The van der Waals surface area contributed by atoms with E-state index in [2.05, 4.69) is 15.2 Å². The highest BCUT2D eigenvalue weighted by molar-refractivity contribution is 5.53. The lowest BCUT2D eigenvalue weighted by atomic mass is 10.1. The summed E-state index contributed by atoms with van der Waals surface area (Å²) >= 11 is 0. The summed E-state index contributed by atoms with van der Waals surface area (Å²) in [4.78, 5) is 15.9. The number of H-pyrrole nitrogens is 1. The molecule has 0 fully saturated rings. The summed E-state index contributed by atoms with van der Waals surface area (Å²) in [6, 6.07) is 11.7. The van der Waals surface area contributed by atoms with Crippen molar-refractivity contribution >= 4 is 0 Å². The highest BCUT2D eigenvalue weighted by atomic mass is 16.1. The molecule has 0 aliphatic carbocycles. The Labute approximate surface area is 115 Å². The zero-order valence-electron chi connectivity index (χ0n) is 11.1. The van der Waals surface area contributed by atoms with Crippen molar-refractivity contribution in [2.45, 2.75) is 13.5 Å². The third-order valence-electron chi connectivity index (χ3n) is 3.29. The second kappa shape index (κ2) is 5.13. The molecule has 2 heterocycles. The Morgan fingerprint density at radius 1 is 1.15 bits per heavy atom. The van der Waals surface area contributed by atoms with Crippen LogP contribution in [0.25, 0.3) is 11.4 Å². The van der Waals surface area contributed by atoms with E-state index in [1.165, 1.54) is 0 Å². The summed E-state index contributed by atoms with van der Waals surface area (Å²) in [5.74, 6) is 0.626. The van der Waals surface area contributed by atoms with Gasteiger partial charge in [-0.25, -0.2) is 9.89 Å².